The summed E-state index contributed by atoms with van der Waals surface area (Å²) in [6.07, 6.45) is 1.44. The molecule has 0 aliphatic carbocycles. The molecule has 1 aliphatic rings. The van der Waals surface area contributed by atoms with Crippen LogP contribution in [-0.2, 0) is 14.3 Å². The highest BCUT2D eigenvalue weighted by Gasteiger charge is 2.47. The van der Waals surface area contributed by atoms with Gasteiger partial charge in [-0.15, -0.1) is 0 Å². The summed E-state index contributed by atoms with van der Waals surface area (Å²) in [5.41, 5.74) is -0.171. The Kier molecular flexibility index (Phi) is 5.40. The van der Waals surface area contributed by atoms with Gasteiger partial charge in [-0.05, 0) is 33.4 Å². The van der Waals surface area contributed by atoms with E-state index in [0.717, 1.165) is 26.1 Å². The molecule has 4 nitrogen and oxygen atoms in total. The van der Waals surface area contributed by atoms with Crippen molar-refractivity contribution in [1.82, 2.24) is 4.90 Å². The molecule has 0 aromatic rings. The molecule has 0 saturated carbocycles. The van der Waals surface area contributed by atoms with Crippen LogP contribution in [0.2, 0.25) is 0 Å². The minimum Gasteiger partial charge on any atom is -0.466 e. The van der Waals surface area contributed by atoms with E-state index in [9.17, 15) is 4.79 Å². The Balaban J connectivity index is 2.82. The average Bonchev–Trinajstić information content (AvgIpc) is 2.63. The average molecular weight is 243 g/mol. The van der Waals surface area contributed by atoms with Crippen LogP contribution >= 0.6 is 0 Å². The highest BCUT2D eigenvalue weighted by Crippen LogP contribution is 2.35. The van der Waals surface area contributed by atoms with Crippen LogP contribution in [0, 0.1) is 0 Å². The van der Waals surface area contributed by atoms with Gasteiger partial charge in [0.25, 0.3) is 0 Å². The van der Waals surface area contributed by atoms with Gasteiger partial charge < -0.3 is 9.47 Å². The van der Waals surface area contributed by atoms with Crippen LogP contribution < -0.4 is 0 Å². The Morgan fingerprint density at radius 1 is 1.41 bits per heavy atom. The van der Waals surface area contributed by atoms with E-state index in [1.54, 1.807) is 0 Å². The Morgan fingerprint density at radius 2 is 2.06 bits per heavy atom. The normalized spacial score (nSPS) is 28.6. The number of esters is 1. The summed E-state index contributed by atoms with van der Waals surface area (Å²) in [5, 5.41) is 0. The molecule has 0 amide bonds. The molecule has 1 aliphatic heterocycles. The van der Waals surface area contributed by atoms with Gasteiger partial charge in [0.1, 0.15) is 0 Å². The fraction of sp³-hybridized carbons (Fsp3) is 0.923. The first kappa shape index (κ1) is 14.5. The summed E-state index contributed by atoms with van der Waals surface area (Å²) in [7, 11) is 0. The predicted molar refractivity (Wildman–Crippen MR) is 66.9 cm³/mol. The molecule has 4 heteroatoms. The highest BCUT2D eigenvalue weighted by molar-refractivity contribution is 5.71. The third-order valence-electron chi connectivity index (χ3n) is 3.81. The molecule has 17 heavy (non-hydrogen) atoms. The summed E-state index contributed by atoms with van der Waals surface area (Å²) in [6, 6.07) is 0. The van der Waals surface area contributed by atoms with Crippen LogP contribution in [0.1, 0.15) is 40.5 Å². The minimum absolute atomic E-state index is 0.0896. The summed E-state index contributed by atoms with van der Waals surface area (Å²) in [5.74, 6) is -0.114. The number of hydrogen-bond donors (Lipinski definition) is 0. The molecular weight excluding hydrogens is 218 g/mol. The number of likely N-dealkylation sites (N-methyl/N-ethyl adjacent to an activating group) is 1. The van der Waals surface area contributed by atoms with Crippen molar-refractivity contribution in [3.05, 3.63) is 0 Å². The minimum atomic E-state index is -0.171. The zero-order chi connectivity index (χ0) is 12.9. The smallest absolute Gasteiger partial charge is 0.307 e. The monoisotopic (exact) mass is 243 g/mol. The molecule has 1 saturated heterocycles. The Labute approximate surface area is 104 Å². The van der Waals surface area contributed by atoms with Crippen molar-refractivity contribution < 1.29 is 14.3 Å². The Hall–Kier alpha value is -0.610. The van der Waals surface area contributed by atoms with Crippen LogP contribution in [0.4, 0.5) is 0 Å². The lowest BCUT2D eigenvalue weighted by atomic mass is 9.86. The Bertz CT molecular complexity index is 253. The van der Waals surface area contributed by atoms with E-state index in [2.05, 4.69) is 25.7 Å². The van der Waals surface area contributed by atoms with Gasteiger partial charge in [-0.3, -0.25) is 9.69 Å². The van der Waals surface area contributed by atoms with Gasteiger partial charge in [0.05, 0.1) is 24.7 Å². The first-order valence-electron chi connectivity index (χ1n) is 6.63. The van der Waals surface area contributed by atoms with Crippen molar-refractivity contribution in [1.29, 1.82) is 0 Å². The van der Waals surface area contributed by atoms with Crippen LogP contribution in [-0.4, -0.2) is 48.8 Å². The van der Waals surface area contributed by atoms with E-state index in [1.165, 1.54) is 0 Å². The second-order valence-electron chi connectivity index (χ2n) is 4.52. The summed E-state index contributed by atoms with van der Waals surface area (Å²) < 4.78 is 10.8. The van der Waals surface area contributed by atoms with E-state index in [1.807, 2.05) is 6.92 Å². The third kappa shape index (κ3) is 2.99. The molecule has 0 aromatic carbocycles. The van der Waals surface area contributed by atoms with E-state index >= 15 is 0 Å². The number of rotatable bonds is 6. The molecule has 0 bridgehead atoms. The summed E-state index contributed by atoms with van der Waals surface area (Å²) >= 11 is 0. The standard InChI is InChI=1S/C13H25NO3/c1-5-14(6-2)13(8-9-17-11(13)4)10-12(15)16-7-3/h11H,5-10H2,1-4H3. The van der Waals surface area contributed by atoms with Crippen molar-refractivity contribution in [2.24, 2.45) is 0 Å². The molecule has 100 valence electrons. The zero-order valence-electron chi connectivity index (χ0n) is 11.5. The fourth-order valence-corrected chi connectivity index (χ4v) is 2.85. The summed E-state index contributed by atoms with van der Waals surface area (Å²) in [6.45, 7) is 11.2. The highest BCUT2D eigenvalue weighted by atomic mass is 16.5. The maximum Gasteiger partial charge on any atom is 0.307 e. The van der Waals surface area contributed by atoms with Gasteiger partial charge in [0.15, 0.2) is 0 Å². The number of hydrogen-bond acceptors (Lipinski definition) is 4. The topological polar surface area (TPSA) is 38.8 Å². The van der Waals surface area contributed by atoms with Crippen molar-refractivity contribution in [3.8, 4) is 0 Å². The maximum atomic E-state index is 11.8. The van der Waals surface area contributed by atoms with Crippen molar-refractivity contribution >= 4 is 5.97 Å². The number of nitrogens with zero attached hydrogens (tertiary/aromatic N) is 1. The van der Waals surface area contributed by atoms with E-state index in [0.29, 0.717) is 13.0 Å². The van der Waals surface area contributed by atoms with E-state index in [-0.39, 0.29) is 17.6 Å². The SMILES string of the molecule is CCOC(=O)CC1(N(CC)CC)CCOC1C. The van der Waals surface area contributed by atoms with Gasteiger partial charge in [-0.1, -0.05) is 13.8 Å². The van der Waals surface area contributed by atoms with Crippen molar-refractivity contribution in [2.75, 3.05) is 26.3 Å². The lowest BCUT2D eigenvalue weighted by Gasteiger charge is -2.41. The van der Waals surface area contributed by atoms with E-state index in [4.69, 9.17) is 9.47 Å². The van der Waals surface area contributed by atoms with E-state index < -0.39 is 0 Å². The quantitative estimate of drug-likeness (QED) is 0.667. The molecule has 2 atom stereocenters. The first-order chi connectivity index (χ1) is 8.10. The van der Waals surface area contributed by atoms with Crippen LogP contribution in [0.15, 0.2) is 0 Å². The number of ether oxygens (including phenoxy) is 2. The predicted octanol–water partition coefficient (Wildman–Crippen LogP) is 1.83. The number of carbonyl (C=O) groups excluding carboxylic acids is 1. The van der Waals surface area contributed by atoms with Gasteiger partial charge in [-0.2, -0.15) is 0 Å². The van der Waals surface area contributed by atoms with Crippen molar-refractivity contribution in [2.45, 2.75) is 52.2 Å². The van der Waals surface area contributed by atoms with Crippen molar-refractivity contribution in [3.63, 3.8) is 0 Å². The van der Waals surface area contributed by atoms with Gasteiger partial charge in [0.2, 0.25) is 0 Å². The number of carbonyl (C=O) groups is 1. The third-order valence-corrected chi connectivity index (χ3v) is 3.81. The second kappa shape index (κ2) is 6.36. The molecule has 1 heterocycles. The Morgan fingerprint density at radius 3 is 2.47 bits per heavy atom. The molecule has 1 rings (SSSR count). The van der Waals surface area contributed by atoms with Crippen LogP contribution in [0.5, 0.6) is 0 Å². The summed E-state index contributed by atoms with van der Waals surface area (Å²) in [4.78, 5) is 14.1. The van der Waals surface area contributed by atoms with Gasteiger partial charge >= 0.3 is 5.97 Å². The molecule has 0 spiro atoms. The molecule has 0 N–H and O–H groups in total. The lowest BCUT2D eigenvalue weighted by Crippen LogP contribution is -2.54. The molecule has 1 fully saturated rings. The molecule has 0 radical (unpaired) electrons. The molecular formula is C13H25NO3. The maximum absolute atomic E-state index is 11.8. The van der Waals surface area contributed by atoms with Gasteiger partial charge in [0, 0.05) is 6.61 Å². The largest absolute Gasteiger partial charge is 0.466 e. The molecule has 2 unspecified atom stereocenters. The zero-order valence-corrected chi connectivity index (χ0v) is 11.5. The molecule has 0 aromatic heterocycles. The second-order valence-corrected chi connectivity index (χ2v) is 4.52. The lowest BCUT2D eigenvalue weighted by molar-refractivity contribution is -0.148. The van der Waals surface area contributed by atoms with Crippen LogP contribution in [0.3, 0.4) is 0 Å². The fourth-order valence-electron chi connectivity index (χ4n) is 2.85. The van der Waals surface area contributed by atoms with Gasteiger partial charge in [-0.25, -0.2) is 0 Å². The van der Waals surface area contributed by atoms with Crippen LogP contribution in [0.25, 0.3) is 0 Å². The first-order valence-corrected chi connectivity index (χ1v) is 6.63.